The van der Waals surface area contributed by atoms with Gasteiger partial charge >= 0.3 is 0 Å². The summed E-state index contributed by atoms with van der Waals surface area (Å²) in [5, 5.41) is 19.9. The molecule has 16 heavy (non-hydrogen) atoms. The fourth-order valence-corrected chi connectivity index (χ4v) is 2.52. The molecule has 1 saturated heterocycles. The Hall–Kier alpha value is -0.380. The van der Waals surface area contributed by atoms with Crippen molar-refractivity contribution in [3.05, 3.63) is 12.7 Å². The van der Waals surface area contributed by atoms with Gasteiger partial charge in [0.15, 0.2) is 0 Å². The zero-order valence-electron chi connectivity index (χ0n) is 10.5. The van der Waals surface area contributed by atoms with E-state index in [1.165, 1.54) is 0 Å². The van der Waals surface area contributed by atoms with E-state index in [9.17, 15) is 10.2 Å². The standard InChI is InChI=1S/C13H25NO2/c1-4-5-7-11(15)10-14-9-6-8-12(14)13(2,3)16/h4,11-12,15-16H,1,5-10H2,2-3H3/t11-,12+/m0/s1. The molecule has 0 radical (unpaired) electrons. The van der Waals surface area contributed by atoms with Crippen LogP contribution in [0, 0.1) is 0 Å². The smallest absolute Gasteiger partial charge is 0.0746 e. The number of nitrogens with zero attached hydrogens (tertiary/aromatic N) is 1. The lowest BCUT2D eigenvalue weighted by atomic mass is 9.96. The minimum Gasteiger partial charge on any atom is -0.392 e. The maximum absolute atomic E-state index is 10.0. The van der Waals surface area contributed by atoms with Gasteiger partial charge in [-0.25, -0.2) is 0 Å². The summed E-state index contributed by atoms with van der Waals surface area (Å²) in [6.07, 6.45) is 5.28. The number of β-amino-alcohol motifs (C(OH)–C–C–N with tert-alkyl or cyclic N) is 1. The van der Waals surface area contributed by atoms with Gasteiger partial charge in [0, 0.05) is 12.6 Å². The first kappa shape index (κ1) is 13.7. The van der Waals surface area contributed by atoms with Crippen molar-refractivity contribution < 1.29 is 10.2 Å². The van der Waals surface area contributed by atoms with Crippen LogP contribution in [-0.2, 0) is 0 Å². The molecule has 0 unspecified atom stereocenters. The van der Waals surface area contributed by atoms with Gasteiger partial charge in [-0.3, -0.25) is 4.90 Å². The van der Waals surface area contributed by atoms with Crippen molar-refractivity contribution in [2.75, 3.05) is 13.1 Å². The van der Waals surface area contributed by atoms with Crippen molar-refractivity contribution in [1.29, 1.82) is 0 Å². The Morgan fingerprint density at radius 2 is 2.25 bits per heavy atom. The summed E-state index contributed by atoms with van der Waals surface area (Å²) in [5.74, 6) is 0. The van der Waals surface area contributed by atoms with Crippen molar-refractivity contribution in [1.82, 2.24) is 4.90 Å². The minimum atomic E-state index is -0.672. The minimum absolute atomic E-state index is 0.186. The van der Waals surface area contributed by atoms with Crippen LogP contribution in [0.5, 0.6) is 0 Å². The Morgan fingerprint density at radius 1 is 1.56 bits per heavy atom. The topological polar surface area (TPSA) is 43.7 Å². The van der Waals surface area contributed by atoms with E-state index in [1.807, 2.05) is 19.9 Å². The van der Waals surface area contributed by atoms with E-state index >= 15 is 0 Å². The van der Waals surface area contributed by atoms with E-state index in [0.29, 0.717) is 6.54 Å². The zero-order chi connectivity index (χ0) is 12.2. The maximum Gasteiger partial charge on any atom is 0.0746 e. The normalized spacial score (nSPS) is 24.6. The van der Waals surface area contributed by atoms with Crippen LogP contribution >= 0.6 is 0 Å². The molecule has 2 atom stereocenters. The first-order chi connectivity index (χ1) is 7.45. The van der Waals surface area contributed by atoms with Crippen molar-refractivity contribution in [2.45, 2.75) is 57.3 Å². The molecule has 1 aliphatic heterocycles. The van der Waals surface area contributed by atoms with E-state index in [1.54, 1.807) is 0 Å². The van der Waals surface area contributed by atoms with Crippen LogP contribution in [0.1, 0.15) is 39.5 Å². The summed E-state index contributed by atoms with van der Waals surface area (Å²) < 4.78 is 0. The third-order valence-corrected chi connectivity index (χ3v) is 3.33. The lowest BCUT2D eigenvalue weighted by Crippen LogP contribution is -2.48. The predicted molar refractivity (Wildman–Crippen MR) is 66.3 cm³/mol. The molecule has 2 N–H and O–H groups in total. The molecule has 0 aliphatic carbocycles. The van der Waals surface area contributed by atoms with Crippen molar-refractivity contribution in [2.24, 2.45) is 0 Å². The highest BCUT2D eigenvalue weighted by molar-refractivity contribution is 4.91. The number of hydrogen-bond acceptors (Lipinski definition) is 3. The second-order valence-electron chi connectivity index (χ2n) is 5.33. The second kappa shape index (κ2) is 5.80. The predicted octanol–water partition coefficient (Wildman–Crippen LogP) is 1.55. The quantitative estimate of drug-likeness (QED) is 0.677. The maximum atomic E-state index is 10.0. The van der Waals surface area contributed by atoms with Gasteiger partial charge in [-0.2, -0.15) is 0 Å². The lowest BCUT2D eigenvalue weighted by molar-refractivity contribution is -0.0164. The Morgan fingerprint density at radius 3 is 2.81 bits per heavy atom. The molecule has 1 rings (SSSR count). The van der Waals surface area contributed by atoms with Crippen LogP contribution in [-0.4, -0.2) is 45.9 Å². The van der Waals surface area contributed by atoms with Crippen LogP contribution in [0.25, 0.3) is 0 Å². The molecular formula is C13H25NO2. The van der Waals surface area contributed by atoms with Gasteiger partial charge in [-0.15, -0.1) is 6.58 Å². The number of allylic oxidation sites excluding steroid dienone is 1. The molecule has 0 aromatic rings. The molecular weight excluding hydrogens is 202 g/mol. The zero-order valence-corrected chi connectivity index (χ0v) is 10.5. The molecule has 1 fully saturated rings. The summed E-state index contributed by atoms with van der Waals surface area (Å²) in [4.78, 5) is 2.22. The first-order valence-electron chi connectivity index (χ1n) is 6.20. The Kier molecular flexibility index (Phi) is 4.96. The average molecular weight is 227 g/mol. The summed E-state index contributed by atoms with van der Waals surface area (Å²) in [6.45, 7) is 9.02. The molecule has 3 heteroatoms. The molecule has 0 spiro atoms. The summed E-state index contributed by atoms with van der Waals surface area (Å²) in [5.41, 5.74) is -0.672. The highest BCUT2D eigenvalue weighted by Crippen LogP contribution is 2.26. The fraction of sp³-hybridized carbons (Fsp3) is 0.846. The van der Waals surface area contributed by atoms with Crippen molar-refractivity contribution in [3.8, 4) is 0 Å². The molecule has 0 bridgehead atoms. The highest BCUT2D eigenvalue weighted by Gasteiger charge is 2.36. The molecule has 0 aromatic carbocycles. The van der Waals surface area contributed by atoms with Gasteiger partial charge in [0.2, 0.25) is 0 Å². The Labute approximate surface area is 98.8 Å². The van der Waals surface area contributed by atoms with Crippen LogP contribution in [0.3, 0.4) is 0 Å². The van der Waals surface area contributed by atoms with Crippen LogP contribution < -0.4 is 0 Å². The molecule has 94 valence electrons. The SMILES string of the molecule is C=CCC[C@H](O)CN1CCC[C@@H]1C(C)(C)O. The molecule has 1 aliphatic rings. The van der Waals surface area contributed by atoms with Gasteiger partial charge < -0.3 is 10.2 Å². The van der Waals surface area contributed by atoms with Gasteiger partial charge in [0.1, 0.15) is 0 Å². The van der Waals surface area contributed by atoms with E-state index < -0.39 is 5.60 Å². The van der Waals surface area contributed by atoms with E-state index in [2.05, 4.69) is 11.5 Å². The summed E-state index contributed by atoms with van der Waals surface area (Å²) in [7, 11) is 0. The Balaban J connectivity index is 2.43. The highest BCUT2D eigenvalue weighted by atomic mass is 16.3. The van der Waals surface area contributed by atoms with Gasteiger partial charge in [-0.1, -0.05) is 6.08 Å². The monoisotopic (exact) mass is 227 g/mol. The number of rotatable bonds is 6. The molecule has 0 saturated carbocycles. The average Bonchev–Trinajstić information content (AvgIpc) is 2.62. The van der Waals surface area contributed by atoms with Crippen LogP contribution in [0.2, 0.25) is 0 Å². The molecule has 0 aromatic heterocycles. The number of hydrogen-bond donors (Lipinski definition) is 2. The second-order valence-corrected chi connectivity index (χ2v) is 5.33. The number of aliphatic hydroxyl groups is 2. The van der Waals surface area contributed by atoms with Crippen LogP contribution in [0.4, 0.5) is 0 Å². The fourth-order valence-electron chi connectivity index (χ4n) is 2.52. The van der Waals surface area contributed by atoms with Crippen molar-refractivity contribution in [3.63, 3.8) is 0 Å². The summed E-state index contributed by atoms with van der Waals surface area (Å²) in [6, 6.07) is 0.186. The largest absolute Gasteiger partial charge is 0.392 e. The number of aliphatic hydroxyl groups excluding tert-OH is 1. The molecule has 3 nitrogen and oxygen atoms in total. The number of likely N-dealkylation sites (tertiary alicyclic amines) is 1. The Bertz CT molecular complexity index is 222. The van der Waals surface area contributed by atoms with Gasteiger partial charge in [0.05, 0.1) is 11.7 Å². The van der Waals surface area contributed by atoms with E-state index in [-0.39, 0.29) is 12.1 Å². The lowest BCUT2D eigenvalue weighted by Gasteiger charge is -2.34. The third-order valence-electron chi connectivity index (χ3n) is 3.33. The van der Waals surface area contributed by atoms with E-state index in [0.717, 1.165) is 32.2 Å². The first-order valence-corrected chi connectivity index (χ1v) is 6.20. The van der Waals surface area contributed by atoms with E-state index in [4.69, 9.17) is 0 Å². The van der Waals surface area contributed by atoms with Gasteiger partial charge in [-0.05, 0) is 46.1 Å². The molecule has 1 heterocycles. The van der Waals surface area contributed by atoms with Gasteiger partial charge in [0.25, 0.3) is 0 Å². The van der Waals surface area contributed by atoms with Crippen LogP contribution in [0.15, 0.2) is 12.7 Å². The summed E-state index contributed by atoms with van der Waals surface area (Å²) >= 11 is 0. The van der Waals surface area contributed by atoms with Crippen molar-refractivity contribution >= 4 is 0 Å². The third kappa shape index (κ3) is 3.89. The molecule has 0 amide bonds.